The van der Waals surface area contributed by atoms with Crippen molar-refractivity contribution in [3.63, 3.8) is 0 Å². The maximum atomic E-state index is 11.1. The number of ether oxygens (including phenoxy) is 2. The average Bonchev–Trinajstić information content (AvgIpc) is 3.00. The third-order valence-electron chi connectivity index (χ3n) is 3.50. The summed E-state index contributed by atoms with van der Waals surface area (Å²) in [4.78, 5) is 12.6. The van der Waals surface area contributed by atoms with Crippen molar-refractivity contribution in [3.05, 3.63) is 42.0 Å². The highest BCUT2D eigenvalue weighted by Gasteiger charge is 2.19. The molecule has 5 nitrogen and oxygen atoms in total. The molecule has 1 aliphatic heterocycles. The molecular weight excluding hydrogens is 270 g/mol. The van der Waals surface area contributed by atoms with Gasteiger partial charge in [0.25, 0.3) is 0 Å². The second-order valence-electron chi connectivity index (χ2n) is 4.75. The van der Waals surface area contributed by atoms with E-state index in [2.05, 4.69) is 0 Å². The first kappa shape index (κ1) is 13.5. The lowest BCUT2D eigenvalue weighted by Gasteiger charge is -2.18. The van der Waals surface area contributed by atoms with Crippen molar-refractivity contribution in [2.75, 3.05) is 18.7 Å². The Morgan fingerprint density at radius 3 is 2.62 bits per heavy atom. The molecule has 1 heterocycles. The Hall–Kier alpha value is -2.53. The maximum absolute atomic E-state index is 11.1. The lowest BCUT2D eigenvalue weighted by Crippen LogP contribution is -2.14. The fourth-order valence-electron chi connectivity index (χ4n) is 2.43. The van der Waals surface area contributed by atoms with Gasteiger partial charge < -0.3 is 19.5 Å². The molecule has 1 N–H and O–H groups in total. The molecule has 1 amide bonds. The topological polar surface area (TPSA) is 59.0 Å². The molecule has 0 saturated carbocycles. The first-order chi connectivity index (χ1) is 10.2. The van der Waals surface area contributed by atoms with Crippen molar-refractivity contribution < 1.29 is 19.4 Å². The summed E-state index contributed by atoms with van der Waals surface area (Å²) in [5, 5.41) is 9.62. The number of benzene rings is 2. The third-order valence-corrected chi connectivity index (χ3v) is 3.50. The van der Waals surface area contributed by atoms with Crippen LogP contribution in [0.4, 0.5) is 5.69 Å². The average molecular weight is 285 g/mol. The number of fused-ring (bicyclic) bond motifs is 1. The Labute approximate surface area is 122 Å². The minimum atomic E-state index is -0.120. The molecule has 5 heteroatoms. The van der Waals surface area contributed by atoms with Crippen LogP contribution in [0.25, 0.3) is 11.1 Å². The number of rotatable bonds is 4. The van der Waals surface area contributed by atoms with Crippen molar-refractivity contribution in [2.45, 2.75) is 6.61 Å². The van der Waals surface area contributed by atoms with Gasteiger partial charge >= 0.3 is 0 Å². The smallest absolute Gasteiger partial charge is 0.231 e. The molecule has 0 aromatic heterocycles. The van der Waals surface area contributed by atoms with Gasteiger partial charge in [0.1, 0.15) is 0 Å². The molecule has 0 spiro atoms. The van der Waals surface area contributed by atoms with Gasteiger partial charge in [-0.25, -0.2) is 0 Å². The zero-order valence-corrected chi connectivity index (χ0v) is 11.6. The zero-order valence-electron chi connectivity index (χ0n) is 11.6. The highest BCUT2D eigenvalue weighted by atomic mass is 16.7. The largest absolute Gasteiger partial charge is 0.454 e. The standard InChI is InChI=1S/C16H15NO4/c1-17(9-19)14-5-3-2-4-12(14)13-7-16-15(20-10-21-16)6-11(13)8-18/h2-7,9,18H,8,10H2,1H3. The van der Waals surface area contributed by atoms with Gasteiger partial charge in [-0.2, -0.15) is 0 Å². The van der Waals surface area contributed by atoms with Gasteiger partial charge in [0.2, 0.25) is 13.2 Å². The van der Waals surface area contributed by atoms with Gasteiger partial charge in [-0.05, 0) is 29.3 Å². The molecule has 0 radical (unpaired) electrons. The summed E-state index contributed by atoms with van der Waals surface area (Å²) in [6.45, 7) is 0.0602. The van der Waals surface area contributed by atoms with E-state index in [9.17, 15) is 9.90 Å². The lowest BCUT2D eigenvalue weighted by molar-refractivity contribution is -0.107. The summed E-state index contributed by atoms with van der Waals surface area (Å²) < 4.78 is 10.7. The van der Waals surface area contributed by atoms with E-state index in [-0.39, 0.29) is 13.4 Å². The molecule has 3 rings (SSSR count). The molecule has 0 bridgehead atoms. The molecule has 0 fully saturated rings. The van der Waals surface area contributed by atoms with Crippen molar-refractivity contribution in [1.82, 2.24) is 0 Å². The van der Waals surface area contributed by atoms with Crippen LogP contribution in [0.3, 0.4) is 0 Å². The van der Waals surface area contributed by atoms with E-state index in [1.54, 1.807) is 13.1 Å². The molecule has 0 atom stereocenters. The zero-order chi connectivity index (χ0) is 14.8. The van der Waals surface area contributed by atoms with E-state index >= 15 is 0 Å². The van der Waals surface area contributed by atoms with E-state index in [0.717, 1.165) is 28.8 Å². The van der Waals surface area contributed by atoms with Crippen LogP contribution < -0.4 is 14.4 Å². The number of anilines is 1. The van der Waals surface area contributed by atoms with Crippen LogP contribution in [-0.2, 0) is 11.4 Å². The van der Waals surface area contributed by atoms with Crippen molar-refractivity contribution in [1.29, 1.82) is 0 Å². The summed E-state index contributed by atoms with van der Waals surface area (Å²) in [6.07, 6.45) is 0.754. The fourth-order valence-corrected chi connectivity index (χ4v) is 2.43. The highest BCUT2D eigenvalue weighted by molar-refractivity contribution is 5.88. The van der Waals surface area contributed by atoms with Gasteiger partial charge in [0.05, 0.1) is 12.3 Å². The van der Waals surface area contributed by atoms with E-state index in [0.29, 0.717) is 11.5 Å². The number of carbonyl (C=O) groups is 1. The van der Waals surface area contributed by atoms with Gasteiger partial charge in [-0.1, -0.05) is 18.2 Å². The highest BCUT2D eigenvalue weighted by Crippen LogP contribution is 2.41. The van der Waals surface area contributed by atoms with Gasteiger partial charge in [-0.15, -0.1) is 0 Å². The molecule has 0 saturated heterocycles. The number of nitrogens with zero attached hydrogens (tertiary/aromatic N) is 1. The first-order valence-corrected chi connectivity index (χ1v) is 6.55. The normalized spacial score (nSPS) is 12.3. The van der Waals surface area contributed by atoms with Crippen LogP contribution in [-0.4, -0.2) is 25.4 Å². The second-order valence-corrected chi connectivity index (χ2v) is 4.75. The Balaban J connectivity index is 2.19. The monoisotopic (exact) mass is 285 g/mol. The van der Waals surface area contributed by atoms with Crippen LogP contribution in [0.15, 0.2) is 36.4 Å². The Bertz CT molecular complexity index is 684. The van der Waals surface area contributed by atoms with Gasteiger partial charge in [-0.3, -0.25) is 4.79 Å². The maximum Gasteiger partial charge on any atom is 0.231 e. The number of aliphatic hydroxyl groups excluding tert-OH is 1. The van der Waals surface area contributed by atoms with Crippen LogP contribution in [0.5, 0.6) is 11.5 Å². The number of para-hydroxylation sites is 1. The summed E-state index contributed by atoms with van der Waals surface area (Å²) in [7, 11) is 1.69. The number of aliphatic hydroxyl groups is 1. The summed E-state index contributed by atoms with van der Waals surface area (Å²) >= 11 is 0. The summed E-state index contributed by atoms with van der Waals surface area (Å²) in [6, 6.07) is 11.1. The van der Waals surface area contributed by atoms with E-state index < -0.39 is 0 Å². The minimum Gasteiger partial charge on any atom is -0.454 e. The van der Waals surface area contributed by atoms with E-state index in [1.807, 2.05) is 30.3 Å². The van der Waals surface area contributed by atoms with Gasteiger partial charge in [0, 0.05) is 12.6 Å². The SMILES string of the molecule is CN(C=O)c1ccccc1-c1cc2c(cc1CO)OCO2. The van der Waals surface area contributed by atoms with Crippen LogP contribution >= 0.6 is 0 Å². The Kier molecular flexibility index (Phi) is 3.50. The van der Waals surface area contributed by atoms with Crippen LogP contribution in [0.2, 0.25) is 0 Å². The molecule has 21 heavy (non-hydrogen) atoms. The van der Waals surface area contributed by atoms with E-state index in [4.69, 9.17) is 9.47 Å². The predicted octanol–water partition coefficient (Wildman–Crippen LogP) is 2.17. The van der Waals surface area contributed by atoms with Crippen LogP contribution in [0.1, 0.15) is 5.56 Å². The second kappa shape index (κ2) is 5.46. The fraction of sp³-hybridized carbons (Fsp3) is 0.188. The number of hydrogen-bond donors (Lipinski definition) is 1. The van der Waals surface area contributed by atoms with Crippen molar-refractivity contribution in [3.8, 4) is 22.6 Å². The Morgan fingerprint density at radius 1 is 1.19 bits per heavy atom. The molecule has 1 aliphatic rings. The summed E-state index contributed by atoms with van der Waals surface area (Å²) in [5.41, 5.74) is 3.17. The van der Waals surface area contributed by atoms with Crippen molar-refractivity contribution in [2.24, 2.45) is 0 Å². The third kappa shape index (κ3) is 2.32. The molecule has 0 unspecified atom stereocenters. The van der Waals surface area contributed by atoms with Crippen LogP contribution in [0, 0.1) is 0 Å². The quantitative estimate of drug-likeness (QED) is 0.875. The number of hydrogen-bond acceptors (Lipinski definition) is 4. The Morgan fingerprint density at radius 2 is 1.90 bits per heavy atom. The predicted molar refractivity (Wildman–Crippen MR) is 78.4 cm³/mol. The molecule has 2 aromatic rings. The minimum absolute atomic E-state index is 0.120. The molecule has 0 aliphatic carbocycles. The first-order valence-electron chi connectivity index (χ1n) is 6.55. The summed E-state index contributed by atoms with van der Waals surface area (Å²) in [5.74, 6) is 1.27. The molecule has 108 valence electrons. The van der Waals surface area contributed by atoms with E-state index in [1.165, 1.54) is 4.90 Å². The number of carbonyl (C=O) groups excluding carboxylic acids is 1. The number of amides is 1. The molecule has 2 aromatic carbocycles. The van der Waals surface area contributed by atoms with Crippen molar-refractivity contribution >= 4 is 12.1 Å². The van der Waals surface area contributed by atoms with Gasteiger partial charge in [0.15, 0.2) is 11.5 Å². The molecular formula is C16H15NO4. The lowest BCUT2D eigenvalue weighted by atomic mass is 9.97.